The molecular formula is C18H17Br3N2O5. The van der Waals surface area contributed by atoms with Crippen molar-refractivity contribution in [2.75, 3.05) is 18.5 Å². The number of hydrogen-bond donors (Lipinski definition) is 1. The van der Waals surface area contributed by atoms with E-state index in [0.29, 0.717) is 18.5 Å². The van der Waals surface area contributed by atoms with Gasteiger partial charge in [-0.3, -0.25) is 24.1 Å². The Kier molecular flexibility index (Phi) is 6.93. The molecule has 150 valence electrons. The first-order valence-corrected chi connectivity index (χ1v) is 11.2. The molecule has 4 atom stereocenters. The summed E-state index contributed by atoms with van der Waals surface area (Å²) in [6, 6.07) is 6.92. The highest BCUT2D eigenvalue weighted by atomic mass is 79.9. The number of ether oxygens (including phenoxy) is 1. The lowest BCUT2D eigenvalue weighted by Crippen LogP contribution is -2.37. The Bertz CT molecular complexity index is 773. The molecule has 3 rings (SSSR count). The van der Waals surface area contributed by atoms with Gasteiger partial charge in [0, 0.05) is 19.8 Å². The van der Waals surface area contributed by atoms with Crippen molar-refractivity contribution in [3.63, 3.8) is 0 Å². The molecule has 2 aliphatic rings. The minimum atomic E-state index is -0.794. The number of imide groups is 1. The molecule has 1 heterocycles. The van der Waals surface area contributed by atoms with Crippen molar-refractivity contribution in [1.82, 2.24) is 4.90 Å². The van der Waals surface area contributed by atoms with Gasteiger partial charge in [-0.15, -0.1) is 0 Å². The minimum Gasteiger partial charge on any atom is -0.454 e. The molecule has 2 fully saturated rings. The van der Waals surface area contributed by atoms with Crippen LogP contribution in [-0.2, 0) is 23.9 Å². The van der Waals surface area contributed by atoms with Crippen LogP contribution in [0, 0.1) is 11.8 Å². The van der Waals surface area contributed by atoms with E-state index >= 15 is 0 Å². The smallest absolute Gasteiger partial charge is 0.326 e. The molecule has 7 nitrogen and oxygen atoms in total. The van der Waals surface area contributed by atoms with E-state index < -0.39 is 36.9 Å². The summed E-state index contributed by atoms with van der Waals surface area (Å²) < 4.78 is 5.80. The van der Waals surface area contributed by atoms with Gasteiger partial charge < -0.3 is 10.1 Å². The van der Waals surface area contributed by atoms with E-state index in [9.17, 15) is 19.2 Å². The number of nitrogens with zero attached hydrogens (tertiary/aromatic N) is 1. The summed E-state index contributed by atoms with van der Waals surface area (Å²) in [5.74, 6) is -2.84. The molecule has 1 aliphatic carbocycles. The number of esters is 1. The van der Waals surface area contributed by atoms with Gasteiger partial charge in [-0.2, -0.15) is 0 Å². The quantitative estimate of drug-likeness (QED) is 0.329. The van der Waals surface area contributed by atoms with Crippen LogP contribution in [0.3, 0.4) is 0 Å². The van der Waals surface area contributed by atoms with Gasteiger partial charge in [0.2, 0.25) is 11.8 Å². The zero-order chi connectivity index (χ0) is 20.4. The second kappa shape index (κ2) is 9.04. The third kappa shape index (κ3) is 4.83. The van der Waals surface area contributed by atoms with Gasteiger partial charge in [0.15, 0.2) is 6.61 Å². The summed E-state index contributed by atoms with van der Waals surface area (Å²) in [5.41, 5.74) is 0.562. The predicted octanol–water partition coefficient (Wildman–Crippen LogP) is 2.85. The summed E-state index contributed by atoms with van der Waals surface area (Å²) in [6.07, 6.45) is 1.07. The van der Waals surface area contributed by atoms with Crippen LogP contribution in [0.1, 0.15) is 12.8 Å². The van der Waals surface area contributed by atoms with E-state index in [1.807, 2.05) is 0 Å². The van der Waals surface area contributed by atoms with Gasteiger partial charge in [0.1, 0.15) is 6.54 Å². The van der Waals surface area contributed by atoms with Crippen molar-refractivity contribution in [3.05, 3.63) is 28.7 Å². The van der Waals surface area contributed by atoms with Crippen molar-refractivity contribution >= 4 is 77.2 Å². The summed E-state index contributed by atoms with van der Waals surface area (Å²) in [5, 5.41) is 2.59. The Balaban J connectivity index is 1.50. The standard InChI is InChI=1S/C18H17Br3N2O5/c19-9-1-3-10(4-2-9)22-15(24)8-28-16(25)7-23-17(26)11-5-13(20)14(21)6-12(11)18(23)27/h1-4,11-14H,5-8H2,(H,22,24)/t11-,12-,13+,14+/m1/s1. The Labute approximate surface area is 186 Å². The maximum Gasteiger partial charge on any atom is 0.326 e. The van der Waals surface area contributed by atoms with Gasteiger partial charge in [0.05, 0.1) is 11.8 Å². The van der Waals surface area contributed by atoms with E-state index in [0.717, 1.165) is 9.37 Å². The molecule has 0 aromatic heterocycles. The van der Waals surface area contributed by atoms with Crippen molar-refractivity contribution in [2.45, 2.75) is 22.5 Å². The molecule has 1 aromatic rings. The minimum absolute atomic E-state index is 0.0970. The van der Waals surface area contributed by atoms with Crippen LogP contribution in [0.15, 0.2) is 28.7 Å². The van der Waals surface area contributed by atoms with E-state index in [1.54, 1.807) is 24.3 Å². The zero-order valence-electron chi connectivity index (χ0n) is 14.6. The van der Waals surface area contributed by atoms with Crippen molar-refractivity contribution < 1.29 is 23.9 Å². The van der Waals surface area contributed by atoms with Gasteiger partial charge in [-0.05, 0) is 37.1 Å². The Morgan fingerprint density at radius 1 is 1.04 bits per heavy atom. The third-order valence-electron chi connectivity index (χ3n) is 4.78. The number of alkyl halides is 2. The first-order chi connectivity index (χ1) is 13.3. The summed E-state index contributed by atoms with van der Waals surface area (Å²) >= 11 is 10.3. The number of amides is 3. The van der Waals surface area contributed by atoms with Gasteiger partial charge in [0.25, 0.3) is 5.91 Å². The lowest BCUT2D eigenvalue weighted by Gasteiger charge is -2.29. The highest BCUT2D eigenvalue weighted by molar-refractivity contribution is 9.12. The Morgan fingerprint density at radius 3 is 2.11 bits per heavy atom. The first-order valence-electron chi connectivity index (χ1n) is 8.60. The van der Waals surface area contributed by atoms with Crippen molar-refractivity contribution in [1.29, 1.82) is 0 Å². The molecule has 1 aromatic carbocycles. The molecule has 28 heavy (non-hydrogen) atoms. The maximum atomic E-state index is 12.5. The van der Waals surface area contributed by atoms with Gasteiger partial charge >= 0.3 is 5.97 Å². The molecule has 0 spiro atoms. The average Bonchev–Trinajstić information content (AvgIpc) is 2.87. The summed E-state index contributed by atoms with van der Waals surface area (Å²) in [4.78, 5) is 50.1. The number of fused-ring (bicyclic) bond motifs is 1. The maximum absolute atomic E-state index is 12.5. The third-order valence-corrected chi connectivity index (χ3v) is 8.04. The van der Waals surface area contributed by atoms with Crippen LogP contribution >= 0.6 is 47.8 Å². The largest absolute Gasteiger partial charge is 0.454 e. The number of likely N-dealkylation sites (tertiary alicyclic amines) is 1. The topological polar surface area (TPSA) is 92.8 Å². The van der Waals surface area contributed by atoms with Gasteiger partial charge in [-0.1, -0.05) is 47.8 Å². The fraction of sp³-hybridized carbons (Fsp3) is 0.444. The number of rotatable bonds is 5. The van der Waals surface area contributed by atoms with Crippen LogP contribution < -0.4 is 5.32 Å². The van der Waals surface area contributed by atoms with Crippen LogP contribution in [0.5, 0.6) is 0 Å². The molecule has 0 bridgehead atoms. The zero-order valence-corrected chi connectivity index (χ0v) is 19.3. The SMILES string of the molecule is O=C(COC(=O)CN1C(=O)[C@@H]2C[C@H](Br)[C@@H](Br)C[C@H]2C1=O)Nc1ccc(Br)cc1. The molecule has 1 aliphatic heterocycles. The monoisotopic (exact) mass is 578 g/mol. The average molecular weight is 581 g/mol. The molecule has 1 saturated heterocycles. The van der Waals surface area contributed by atoms with Gasteiger partial charge in [-0.25, -0.2) is 0 Å². The highest BCUT2D eigenvalue weighted by Crippen LogP contribution is 2.43. The number of carbonyl (C=O) groups is 4. The van der Waals surface area contributed by atoms with E-state index in [2.05, 4.69) is 53.1 Å². The van der Waals surface area contributed by atoms with E-state index in [1.165, 1.54) is 0 Å². The lowest BCUT2D eigenvalue weighted by molar-refractivity contribution is -0.154. The summed E-state index contributed by atoms with van der Waals surface area (Å²) in [7, 11) is 0. The molecule has 3 amide bonds. The first kappa shape index (κ1) is 21.4. The fourth-order valence-electron chi connectivity index (χ4n) is 3.37. The molecule has 0 unspecified atom stereocenters. The van der Waals surface area contributed by atoms with E-state index in [-0.39, 0.29) is 21.5 Å². The van der Waals surface area contributed by atoms with Crippen molar-refractivity contribution in [3.8, 4) is 0 Å². The highest BCUT2D eigenvalue weighted by Gasteiger charge is 2.52. The molecule has 1 N–H and O–H groups in total. The normalized spacial score (nSPS) is 26.8. The number of halogens is 3. The lowest BCUT2D eigenvalue weighted by atomic mass is 9.81. The number of benzene rings is 1. The summed E-state index contributed by atoms with van der Waals surface area (Å²) in [6.45, 7) is -0.971. The number of nitrogens with one attached hydrogen (secondary N) is 1. The van der Waals surface area contributed by atoms with Crippen LogP contribution in [0.2, 0.25) is 0 Å². The fourth-order valence-corrected chi connectivity index (χ4v) is 4.87. The van der Waals surface area contributed by atoms with Crippen LogP contribution in [-0.4, -0.2) is 51.4 Å². The number of anilines is 1. The number of carbonyl (C=O) groups excluding carboxylic acids is 4. The second-order valence-electron chi connectivity index (χ2n) is 6.69. The molecular weight excluding hydrogens is 564 g/mol. The van der Waals surface area contributed by atoms with Crippen molar-refractivity contribution in [2.24, 2.45) is 11.8 Å². The van der Waals surface area contributed by atoms with E-state index in [4.69, 9.17) is 4.74 Å². The molecule has 1 saturated carbocycles. The Hall–Kier alpha value is -1.26. The second-order valence-corrected chi connectivity index (χ2v) is 9.96. The molecule has 10 heteroatoms. The van der Waals surface area contributed by atoms with Crippen LogP contribution in [0.4, 0.5) is 5.69 Å². The Morgan fingerprint density at radius 2 is 1.57 bits per heavy atom. The van der Waals surface area contributed by atoms with Crippen LogP contribution in [0.25, 0.3) is 0 Å². The molecule has 0 radical (unpaired) electrons. The predicted molar refractivity (Wildman–Crippen MR) is 112 cm³/mol. The number of hydrogen-bond acceptors (Lipinski definition) is 5.